The lowest BCUT2D eigenvalue weighted by Gasteiger charge is -2.18. The number of fused-ring (bicyclic) bond motifs is 1. The number of rotatable bonds is 4. The summed E-state index contributed by atoms with van der Waals surface area (Å²) < 4.78 is 4.77. The Morgan fingerprint density at radius 1 is 1.53 bits per heavy atom. The summed E-state index contributed by atoms with van der Waals surface area (Å²) in [5.41, 5.74) is 6.95. The Kier molecular flexibility index (Phi) is 4.21. The molecule has 1 aromatic rings. The van der Waals surface area contributed by atoms with Crippen molar-refractivity contribution in [3.8, 4) is 0 Å². The minimum atomic E-state index is -0.472. The first-order chi connectivity index (χ1) is 9.02. The second kappa shape index (κ2) is 5.71. The van der Waals surface area contributed by atoms with E-state index in [9.17, 15) is 9.59 Å². The molecule has 19 heavy (non-hydrogen) atoms. The molecule has 1 aliphatic rings. The average molecular weight is 282 g/mol. The lowest BCUT2D eigenvalue weighted by molar-refractivity contribution is -0.119. The third-order valence-corrected chi connectivity index (χ3v) is 4.46. The van der Waals surface area contributed by atoms with Gasteiger partial charge in [-0.1, -0.05) is 6.92 Å². The first kappa shape index (κ1) is 14.0. The van der Waals surface area contributed by atoms with Gasteiger partial charge < -0.3 is 15.8 Å². The van der Waals surface area contributed by atoms with E-state index in [1.54, 1.807) is 0 Å². The first-order valence-electron chi connectivity index (χ1n) is 6.26. The maximum atomic E-state index is 11.6. The van der Waals surface area contributed by atoms with Crippen LogP contribution in [0.1, 0.15) is 34.1 Å². The van der Waals surface area contributed by atoms with E-state index in [0.717, 1.165) is 24.8 Å². The summed E-state index contributed by atoms with van der Waals surface area (Å²) >= 11 is 1.46. The molecule has 6 heteroatoms. The fourth-order valence-electron chi connectivity index (χ4n) is 2.39. The van der Waals surface area contributed by atoms with Gasteiger partial charge in [-0.2, -0.15) is 0 Å². The Balaban J connectivity index is 2.32. The fraction of sp³-hybridized carbons (Fsp3) is 0.538. The number of ether oxygens (including phenoxy) is 1. The molecule has 5 nitrogen and oxygen atoms in total. The van der Waals surface area contributed by atoms with E-state index < -0.39 is 5.91 Å². The van der Waals surface area contributed by atoms with E-state index in [1.807, 2.05) is 0 Å². The van der Waals surface area contributed by atoms with Crippen LogP contribution in [0, 0.1) is 5.92 Å². The Labute approximate surface area is 116 Å². The smallest absolute Gasteiger partial charge is 0.251 e. The van der Waals surface area contributed by atoms with Crippen molar-refractivity contribution in [2.24, 2.45) is 11.7 Å². The minimum absolute atomic E-state index is 0.0306. The van der Waals surface area contributed by atoms with Crippen molar-refractivity contribution in [2.75, 3.05) is 19.0 Å². The van der Waals surface area contributed by atoms with Gasteiger partial charge in [-0.25, -0.2) is 0 Å². The van der Waals surface area contributed by atoms with Crippen LogP contribution in [0.25, 0.3) is 0 Å². The predicted molar refractivity (Wildman–Crippen MR) is 74.5 cm³/mol. The standard InChI is InChI=1S/C13H18N2O3S/c1-7-3-4-8-9(5-7)19-13(11(8)12(14)17)15-10(16)6-18-2/h7H,3-6H2,1-2H3,(H2,14,17)(H,15,16)/t7-/m0/s1. The van der Waals surface area contributed by atoms with Crippen LogP contribution in [-0.4, -0.2) is 25.5 Å². The summed E-state index contributed by atoms with van der Waals surface area (Å²) in [5.74, 6) is -0.134. The van der Waals surface area contributed by atoms with Gasteiger partial charge in [-0.15, -0.1) is 11.3 Å². The number of anilines is 1. The number of hydrogen-bond donors (Lipinski definition) is 2. The van der Waals surface area contributed by atoms with Gasteiger partial charge in [0.2, 0.25) is 0 Å². The molecular weight excluding hydrogens is 264 g/mol. The lowest BCUT2D eigenvalue weighted by Crippen LogP contribution is -2.21. The van der Waals surface area contributed by atoms with Gasteiger partial charge in [0.15, 0.2) is 0 Å². The zero-order valence-electron chi connectivity index (χ0n) is 11.1. The SMILES string of the molecule is COCC(=O)Nc1sc2c(c1C(N)=O)CC[C@H](C)C2. The number of thiophene rings is 1. The molecule has 0 fully saturated rings. The molecule has 1 heterocycles. The monoisotopic (exact) mass is 282 g/mol. The van der Waals surface area contributed by atoms with Crippen LogP contribution in [0.15, 0.2) is 0 Å². The number of hydrogen-bond acceptors (Lipinski definition) is 4. The number of methoxy groups -OCH3 is 1. The van der Waals surface area contributed by atoms with Gasteiger partial charge in [0.25, 0.3) is 11.8 Å². The van der Waals surface area contributed by atoms with Crippen LogP contribution in [0.4, 0.5) is 5.00 Å². The molecule has 104 valence electrons. The maximum absolute atomic E-state index is 11.6. The minimum Gasteiger partial charge on any atom is -0.375 e. The highest BCUT2D eigenvalue weighted by atomic mass is 32.1. The molecule has 0 bridgehead atoms. The summed E-state index contributed by atoms with van der Waals surface area (Å²) in [4.78, 5) is 24.4. The summed E-state index contributed by atoms with van der Waals surface area (Å²) in [6.45, 7) is 2.16. The fourth-order valence-corrected chi connectivity index (χ4v) is 3.83. The Bertz CT molecular complexity index is 510. The van der Waals surface area contributed by atoms with Crippen LogP contribution < -0.4 is 11.1 Å². The summed E-state index contributed by atoms with van der Waals surface area (Å²) in [6, 6.07) is 0. The predicted octanol–water partition coefficient (Wildman–Crippen LogP) is 1.56. The van der Waals surface area contributed by atoms with Gasteiger partial charge in [0, 0.05) is 12.0 Å². The van der Waals surface area contributed by atoms with Crippen molar-refractivity contribution in [2.45, 2.75) is 26.2 Å². The zero-order chi connectivity index (χ0) is 14.0. The molecule has 1 aromatic heterocycles. The van der Waals surface area contributed by atoms with E-state index in [4.69, 9.17) is 10.5 Å². The third kappa shape index (κ3) is 2.96. The number of nitrogens with one attached hydrogen (secondary N) is 1. The number of nitrogens with two attached hydrogens (primary N) is 1. The van der Waals surface area contributed by atoms with Crippen molar-refractivity contribution >= 4 is 28.2 Å². The second-order valence-electron chi connectivity index (χ2n) is 4.90. The second-order valence-corrected chi connectivity index (χ2v) is 6.01. The first-order valence-corrected chi connectivity index (χ1v) is 7.07. The quantitative estimate of drug-likeness (QED) is 0.879. The summed E-state index contributed by atoms with van der Waals surface area (Å²) in [7, 11) is 1.45. The van der Waals surface area contributed by atoms with Crippen LogP contribution in [0.3, 0.4) is 0 Å². The van der Waals surface area contributed by atoms with E-state index in [1.165, 1.54) is 23.3 Å². The van der Waals surface area contributed by atoms with E-state index >= 15 is 0 Å². The number of amides is 2. The molecule has 0 aliphatic heterocycles. The zero-order valence-corrected chi connectivity index (χ0v) is 11.9. The molecule has 0 unspecified atom stereocenters. The maximum Gasteiger partial charge on any atom is 0.251 e. The number of primary amides is 1. The topological polar surface area (TPSA) is 81.4 Å². The molecule has 0 saturated heterocycles. The van der Waals surface area contributed by atoms with Crippen LogP contribution >= 0.6 is 11.3 Å². The number of carbonyl (C=O) groups excluding carboxylic acids is 2. The molecule has 1 atom stereocenters. The highest BCUT2D eigenvalue weighted by molar-refractivity contribution is 7.17. The van der Waals surface area contributed by atoms with Crippen molar-refractivity contribution in [3.63, 3.8) is 0 Å². The van der Waals surface area contributed by atoms with Crippen molar-refractivity contribution in [1.82, 2.24) is 0 Å². The Hall–Kier alpha value is -1.40. The average Bonchev–Trinajstić information content (AvgIpc) is 2.65. The van der Waals surface area contributed by atoms with Crippen molar-refractivity contribution < 1.29 is 14.3 Å². The molecule has 2 rings (SSSR count). The lowest BCUT2D eigenvalue weighted by atomic mass is 9.88. The largest absolute Gasteiger partial charge is 0.375 e. The molecule has 1 aliphatic carbocycles. The van der Waals surface area contributed by atoms with Gasteiger partial charge in [-0.05, 0) is 30.7 Å². The molecule has 0 spiro atoms. The molecular formula is C13H18N2O3S. The third-order valence-electron chi connectivity index (χ3n) is 3.29. The van der Waals surface area contributed by atoms with E-state index in [0.29, 0.717) is 16.5 Å². The Morgan fingerprint density at radius 3 is 2.89 bits per heavy atom. The van der Waals surface area contributed by atoms with Gasteiger partial charge in [0.1, 0.15) is 11.6 Å². The summed E-state index contributed by atoms with van der Waals surface area (Å²) in [5, 5.41) is 3.28. The van der Waals surface area contributed by atoms with E-state index in [2.05, 4.69) is 12.2 Å². The van der Waals surface area contributed by atoms with Crippen LogP contribution in [0.2, 0.25) is 0 Å². The van der Waals surface area contributed by atoms with Crippen molar-refractivity contribution in [3.05, 3.63) is 16.0 Å². The molecule has 2 amide bonds. The normalized spacial score (nSPS) is 17.9. The molecule has 0 radical (unpaired) electrons. The molecule has 3 N–H and O–H groups in total. The highest BCUT2D eigenvalue weighted by Crippen LogP contribution is 2.39. The molecule has 0 saturated carbocycles. The van der Waals surface area contributed by atoms with Gasteiger partial charge in [-0.3, -0.25) is 9.59 Å². The van der Waals surface area contributed by atoms with E-state index in [-0.39, 0.29) is 12.5 Å². The molecule has 0 aromatic carbocycles. The summed E-state index contributed by atoms with van der Waals surface area (Å²) in [6.07, 6.45) is 2.85. The number of carbonyl (C=O) groups is 2. The Morgan fingerprint density at radius 2 is 2.26 bits per heavy atom. The van der Waals surface area contributed by atoms with Crippen LogP contribution in [-0.2, 0) is 22.4 Å². The van der Waals surface area contributed by atoms with Crippen molar-refractivity contribution in [1.29, 1.82) is 0 Å². The highest BCUT2D eigenvalue weighted by Gasteiger charge is 2.27. The van der Waals surface area contributed by atoms with Gasteiger partial charge >= 0.3 is 0 Å². The van der Waals surface area contributed by atoms with Gasteiger partial charge in [0.05, 0.1) is 5.56 Å². The van der Waals surface area contributed by atoms with Crippen LogP contribution in [0.5, 0.6) is 0 Å².